The van der Waals surface area contributed by atoms with Gasteiger partial charge in [-0.25, -0.2) is 8.78 Å². The molecular weight excluding hydrogens is 362 g/mol. The number of halogens is 2. The molecule has 0 saturated heterocycles. The van der Waals surface area contributed by atoms with Gasteiger partial charge in [0.1, 0.15) is 11.6 Å². The van der Waals surface area contributed by atoms with Crippen LogP contribution in [0.2, 0.25) is 0 Å². The molecule has 28 heavy (non-hydrogen) atoms. The summed E-state index contributed by atoms with van der Waals surface area (Å²) in [6.45, 7) is 1.04. The number of rotatable bonds is 11. The van der Waals surface area contributed by atoms with E-state index in [0.29, 0.717) is 13.1 Å². The summed E-state index contributed by atoms with van der Waals surface area (Å²) in [4.78, 5) is 23.7. The summed E-state index contributed by atoms with van der Waals surface area (Å²) in [5.74, 6) is -1.79. The van der Waals surface area contributed by atoms with Gasteiger partial charge in [0.05, 0.1) is 11.1 Å². The molecule has 150 valence electrons. The van der Waals surface area contributed by atoms with E-state index in [1.54, 1.807) is 24.3 Å². The minimum absolute atomic E-state index is 0.0694. The number of benzene rings is 2. The SMILES string of the molecule is O=C(NCCCCCCCCNC(=O)c1ccccc1F)c1ccccc1F. The lowest BCUT2D eigenvalue weighted by Gasteiger charge is -2.07. The van der Waals surface area contributed by atoms with Crippen LogP contribution in [0, 0.1) is 11.6 Å². The number of unbranched alkanes of at least 4 members (excludes halogenated alkanes) is 5. The van der Waals surface area contributed by atoms with Crippen LogP contribution in [0.4, 0.5) is 8.78 Å². The highest BCUT2D eigenvalue weighted by molar-refractivity contribution is 5.94. The van der Waals surface area contributed by atoms with E-state index in [0.717, 1.165) is 38.5 Å². The minimum Gasteiger partial charge on any atom is -0.352 e. The molecule has 0 radical (unpaired) electrons. The Balaban J connectivity index is 1.47. The van der Waals surface area contributed by atoms with Crippen molar-refractivity contribution in [2.24, 2.45) is 0 Å². The first-order valence-electron chi connectivity index (χ1n) is 9.65. The topological polar surface area (TPSA) is 58.2 Å². The van der Waals surface area contributed by atoms with Crippen LogP contribution >= 0.6 is 0 Å². The van der Waals surface area contributed by atoms with E-state index in [4.69, 9.17) is 0 Å². The quantitative estimate of drug-likeness (QED) is 0.558. The monoisotopic (exact) mass is 388 g/mol. The van der Waals surface area contributed by atoms with E-state index in [1.165, 1.54) is 24.3 Å². The fraction of sp³-hybridized carbons (Fsp3) is 0.364. The van der Waals surface area contributed by atoms with Crippen molar-refractivity contribution in [1.82, 2.24) is 10.6 Å². The molecule has 0 atom stereocenters. The molecule has 0 fully saturated rings. The molecule has 0 aromatic heterocycles. The molecule has 2 amide bonds. The van der Waals surface area contributed by atoms with E-state index < -0.39 is 11.6 Å². The number of amides is 2. The van der Waals surface area contributed by atoms with Gasteiger partial charge >= 0.3 is 0 Å². The number of nitrogens with one attached hydrogen (secondary N) is 2. The molecule has 2 rings (SSSR count). The van der Waals surface area contributed by atoms with Gasteiger partial charge < -0.3 is 10.6 Å². The maximum Gasteiger partial charge on any atom is 0.254 e. The predicted octanol–water partition coefficient (Wildman–Crippen LogP) is 4.47. The molecule has 0 bridgehead atoms. The zero-order chi connectivity index (χ0) is 20.2. The average Bonchev–Trinajstić information content (AvgIpc) is 2.69. The molecule has 0 unspecified atom stereocenters. The number of carbonyl (C=O) groups is 2. The summed E-state index contributed by atoms with van der Waals surface area (Å²) < 4.78 is 27.0. The van der Waals surface area contributed by atoms with Crippen LogP contribution in [0.25, 0.3) is 0 Å². The standard InChI is InChI=1S/C22H26F2N2O2/c23-19-13-7-5-11-17(19)21(27)25-15-9-3-1-2-4-10-16-26-22(28)18-12-6-8-14-20(18)24/h5-8,11-14H,1-4,9-10,15-16H2,(H,25,27)(H,26,28). The first kappa shape index (κ1) is 21.5. The van der Waals surface area contributed by atoms with Crippen molar-refractivity contribution in [2.75, 3.05) is 13.1 Å². The minimum atomic E-state index is -0.512. The molecule has 0 heterocycles. The van der Waals surface area contributed by atoms with E-state index in [9.17, 15) is 18.4 Å². The Kier molecular flexibility index (Phi) is 9.11. The second kappa shape index (κ2) is 11.8. The van der Waals surface area contributed by atoms with E-state index in [1.807, 2.05) is 0 Å². The molecule has 0 aliphatic rings. The summed E-state index contributed by atoms with van der Waals surface area (Å²) >= 11 is 0. The maximum absolute atomic E-state index is 13.5. The molecular formula is C22H26F2N2O2. The van der Waals surface area contributed by atoms with Gasteiger partial charge in [-0.05, 0) is 37.1 Å². The number of hydrogen-bond donors (Lipinski definition) is 2. The van der Waals surface area contributed by atoms with Gasteiger partial charge in [0.2, 0.25) is 0 Å². The Bertz CT molecular complexity index is 715. The first-order valence-corrected chi connectivity index (χ1v) is 9.65. The highest BCUT2D eigenvalue weighted by atomic mass is 19.1. The van der Waals surface area contributed by atoms with Crippen LogP contribution in [0.15, 0.2) is 48.5 Å². The van der Waals surface area contributed by atoms with Crippen molar-refractivity contribution < 1.29 is 18.4 Å². The normalized spacial score (nSPS) is 10.5. The van der Waals surface area contributed by atoms with Crippen LogP contribution in [-0.2, 0) is 0 Å². The van der Waals surface area contributed by atoms with Crippen LogP contribution in [0.3, 0.4) is 0 Å². The molecule has 2 N–H and O–H groups in total. The van der Waals surface area contributed by atoms with Gasteiger partial charge in [-0.3, -0.25) is 9.59 Å². The zero-order valence-electron chi connectivity index (χ0n) is 15.8. The Labute approximate surface area is 164 Å². The molecule has 4 nitrogen and oxygen atoms in total. The zero-order valence-corrected chi connectivity index (χ0v) is 15.8. The molecule has 2 aromatic carbocycles. The first-order chi connectivity index (χ1) is 13.6. The Hall–Kier alpha value is -2.76. The second-order valence-corrected chi connectivity index (χ2v) is 6.59. The van der Waals surface area contributed by atoms with Crippen LogP contribution in [0.1, 0.15) is 59.2 Å². The van der Waals surface area contributed by atoms with E-state index in [-0.39, 0.29) is 22.9 Å². The van der Waals surface area contributed by atoms with Gasteiger partial charge in [-0.1, -0.05) is 49.9 Å². The van der Waals surface area contributed by atoms with Crippen LogP contribution < -0.4 is 10.6 Å². The van der Waals surface area contributed by atoms with Gasteiger partial charge in [0, 0.05) is 13.1 Å². The lowest BCUT2D eigenvalue weighted by molar-refractivity contribution is 0.0940. The van der Waals surface area contributed by atoms with Crippen LogP contribution in [0.5, 0.6) is 0 Å². The lowest BCUT2D eigenvalue weighted by Crippen LogP contribution is -2.25. The lowest BCUT2D eigenvalue weighted by atomic mass is 10.1. The molecule has 0 spiro atoms. The largest absolute Gasteiger partial charge is 0.352 e. The Morgan fingerprint density at radius 1 is 0.607 bits per heavy atom. The smallest absolute Gasteiger partial charge is 0.254 e. The summed E-state index contributed by atoms with van der Waals surface area (Å²) in [5, 5.41) is 5.45. The highest BCUT2D eigenvalue weighted by Crippen LogP contribution is 2.08. The summed E-state index contributed by atoms with van der Waals surface area (Å²) in [6.07, 6.45) is 5.67. The van der Waals surface area contributed by atoms with Gasteiger partial charge in [0.15, 0.2) is 0 Å². The third kappa shape index (κ3) is 7.10. The Morgan fingerprint density at radius 3 is 1.36 bits per heavy atom. The van der Waals surface area contributed by atoms with Crippen molar-refractivity contribution in [3.8, 4) is 0 Å². The molecule has 0 aliphatic carbocycles. The average molecular weight is 388 g/mol. The van der Waals surface area contributed by atoms with Crippen molar-refractivity contribution in [2.45, 2.75) is 38.5 Å². The predicted molar refractivity (Wildman–Crippen MR) is 105 cm³/mol. The van der Waals surface area contributed by atoms with Gasteiger partial charge in [-0.2, -0.15) is 0 Å². The van der Waals surface area contributed by atoms with Crippen molar-refractivity contribution in [3.63, 3.8) is 0 Å². The van der Waals surface area contributed by atoms with Crippen LogP contribution in [-0.4, -0.2) is 24.9 Å². The summed E-state index contributed by atoms with van der Waals surface area (Å²) in [5.41, 5.74) is 0.139. The van der Waals surface area contributed by atoms with E-state index in [2.05, 4.69) is 10.6 Å². The summed E-state index contributed by atoms with van der Waals surface area (Å²) in [7, 11) is 0. The van der Waals surface area contributed by atoms with Gasteiger partial charge in [0.25, 0.3) is 11.8 Å². The molecule has 2 aromatic rings. The maximum atomic E-state index is 13.5. The third-order valence-electron chi connectivity index (χ3n) is 4.41. The van der Waals surface area contributed by atoms with Crippen molar-refractivity contribution in [3.05, 3.63) is 71.3 Å². The van der Waals surface area contributed by atoms with E-state index >= 15 is 0 Å². The highest BCUT2D eigenvalue weighted by Gasteiger charge is 2.10. The van der Waals surface area contributed by atoms with Crippen molar-refractivity contribution >= 4 is 11.8 Å². The van der Waals surface area contributed by atoms with Gasteiger partial charge in [-0.15, -0.1) is 0 Å². The second-order valence-electron chi connectivity index (χ2n) is 6.59. The number of carbonyl (C=O) groups excluding carboxylic acids is 2. The Morgan fingerprint density at radius 2 is 0.964 bits per heavy atom. The third-order valence-corrected chi connectivity index (χ3v) is 4.41. The number of hydrogen-bond acceptors (Lipinski definition) is 2. The fourth-order valence-electron chi connectivity index (χ4n) is 2.84. The molecule has 0 saturated carbocycles. The molecule has 0 aliphatic heterocycles. The summed E-state index contributed by atoms with van der Waals surface area (Å²) in [6, 6.07) is 11.9. The van der Waals surface area contributed by atoms with Crippen molar-refractivity contribution in [1.29, 1.82) is 0 Å². The fourth-order valence-corrected chi connectivity index (χ4v) is 2.84. The molecule has 6 heteroatoms.